The largest absolute Gasteiger partial charge is 0.383 e. The van der Waals surface area contributed by atoms with Gasteiger partial charge in [-0.1, -0.05) is 0 Å². The maximum atomic E-state index is 5.66. The Morgan fingerprint density at radius 3 is 2.58 bits per heavy atom. The quantitative estimate of drug-likeness (QED) is 0.566. The van der Waals surface area contributed by atoms with Crippen LogP contribution in [0.15, 0.2) is 0 Å². The molecule has 0 fully saturated rings. The first-order valence-electron chi connectivity index (χ1n) is 4.11. The monoisotopic (exact) mass is 211 g/mol. The number of methoxy groups -OCH3 is 1. The summed E-state index contributed by atoms with van der Waals surface area (Å²) >= 11 is 7.53. The number of nitrogens with zero attached hydrogens (tertiary/aromatic N) is 1. The van der Waals surface area contributed by atoms with Gasteiger partial charge in [0.15, 0.2) is 0 Å². The van der Waals surface area contributed by atoms with E-state index in [1.807, 2.05) is 11.8 Å². The molecule has 12 heavy (non-hydrogen) atoms. The molecule has 0 rings (SSSR count). The zero-order valence-corrected chi connectivity index (χ0v) is 9.46. The average Bonchev–Trinajstić information content (AvgIpc) is 2.10. The van der Waals surface area contributed by atoms with Crippen LogP contribution in [0, 0.1) is 0 Å². The van der Waals surface area contributed by atoms with Gasteiger partial charge in [-0.05, 0) is 6.26 Å². The van der Waals surface area contributed by atoms with Crippen molar-refractivity contribution in [3.63, 3.8) is 0 Å². The summed E-state index contributed by atoms with van der Waals surface area (Å²) < 4.78 is 5.01. The summed E-state index contributed by atoms with van der Waals surface area (Å²) in [6.07, 6.45) is 2.12. The molecule has 0 unspecified atom stereocenters. The molecule has 0 saturated carbocycles. The first-order chi connectivity index (χ1) is 5.85. The summed E-state index contributed by atoms with van der Waals surface area (Å²) in [5.41, 5.74) is 0. The first-order valence-corrected chi connectivity index (χ1v) is 6.04. The summed E-state index contributed by atoms with van der Waals surface area (Å²) in [6.45, 7) is 3.86. The summed E-state index contributed by atoms with van der Waals surface area (Å²) in [6, 6.07) is 0. The van der Waals surface area contributed by atoms with E-state index >= 15 is 0 Å². The van der Waals surface area contributed by atoms with Gasteiger partial charge in [0.2, 0.25) is 0 Å². The van der Waals surface area contributed by atoms with E-state index in [1.165, 1.54) is 5.75 Å². The molecule has 0 aromatic rings. The van der Waals surface area contributed by atoms with E-state index in [9.17, 15) is 0 Å². The highest BCUT2D eigenvalue weighted by Gasteiger charge is 2.01. The van der Waals surface area contributed by atoms with Crippen LogP contribution < -0.4 is 0 Å². The van der Waals surface area contributed by atoms with Gasteiger partial charge in [0, 0.05) is 38.4 Å². The second-order valence-electron chi connectivity index (χ2n) is 2.52. The molecule has 0 aliphatic rings. The molecule has 2 nitrogen and oxygen atoms in total. The molecule has 0 aromatic carbocycles. The minimum absolute atomic E-state index is 0.706. The Morgan fingerprint density at radius 2 is 2.08 bits per heavy atom. The molecule has 0 bridgehead atoms. The summed E-state index contributed by atoms with van der Waals surface area (Å²) in [5, 5.41) is 0. The summed E-state index contributed by atoms with van der Waals surface area (Å²) in [5.74, 6) is 1.87. The van der Waals surface area contributed by atoms with E-state index < -0.39 is 0 Å². The Bertz CT molecular complexity index is 87.1. The van der Waals surface area contributed by atoms with Crippen molar-refractivity contribution in [3.8, 4) is 0 Å². The third-order valence-electron chi connectivity index (χ3n) is 1.62. The van der Waals surface area contributed by atoms with E-state index in [0.717, 1.165) is 26.2 Å². The van der Waals surface area contributed by atoms with E-state index in [1.54, 1.807) is 7.11 Å². The van der Waals surface area contributed by atoms with Crippen molar-refractivity contribution in [2.24, 2.45) is 0 Å². The molecular formula is C8H18ClNOS. The molecule has 0 aliphatic heterocycles. The van der Waals surface area contributed by atoms with Crippen LogP contribution in [0.5, 0.6) is 0 Å². The molecule has 0 amide bonds. The third kappa shape index (κ3) is 7.22. The van der Waals surface area contributed by atoms with Gasteiger partial charge in [0.1, 0.15) is 0 Å². The molecule has 4 heteroatoms. The zero-order valence-electron chi connectivity index (χ0n) is 7.88. The fourth-order valence-corrected chi connectivity index (χ4v) is 1.58. The molecule has 0 radical (unpaired) electrons. The molecule has 0 saturated heterocycles. The standard InChI is InChI=1S/C8H18ClNOS/c1-11-7-5-10(4-3-9)6-8-12-2/h3-8H2,1-2H3. The van der Waals surface area contributed by atoms with Crippen molar-refractivity contribution in [2.45, 2.75) is 0 Å². The topological polar surface area (TPSA) is 12.5 Å². The maximum absolute atomic E-state index is 5.66. The maximum Gasteiger partial charge on any atom is 0.0589 e. The Morgan fingerprint density at radius 1 is 1.33 bits per heavy atom. The first kappa shape index (κ1) is 12.6. The van der Waals surface area contributed by atoms with E-state index in [4.69, 9.17) is 16.3 Å². The lowest BCUT2D eigenvalue weighted by molar-refractivity contribution is 0.155. The van der Waals surface area contributed by atoms with Crippen LogP contribution in [-0.2, 0) is 4.74 Å². The fraction of sp³-hybridized carbons (Fsp3) is 1.00. The molecule has 0 aliphatic carbocycles. The molecule has 0 atom stereocenters. The van der Waals surface area contributed by atoms with E-state index in [-0.39, 0.29) is 0 Å². The van der Waals surface area contributed by atoms with Crippen LogP contribution in [0.25, 0.3) is 0 Å². The van der Waals surface area contributed by atoms with Crippen molar-refractivity contribution in [1.82, 2.24) is 4.90 Å². The van der Waals surface area contributed by atoms with Gasteiger partial charge >= 0.3 is 0 Å². The highest BCUT2D eigenvalue weighted by atomic mass is 35.5. The molecule has 0 N–H and O–H groups in total. The fourth-order valence-electron chi connectivity index (χ4n) is 0.896. The van der Waals surface area contributed by atoms with Crippen molar-refractivity contribution < 1.29 is 4.74 Å². The van der Waals surface area contributed by atoms with Crippen molar-refractivity contribution >= 4 is 23.4 Å². The number of thioether (sulfide) groups is 1. The average molecular weight is 212 g/mol. The minimum Gasteiger partial charge on any atom is -0.383 e. The second kappa shape index (κ2) is 9.65. The van der Waals surface area contributed by atoms with Gasteiger partial charge in [0.25, 0.3) is 0 Å². The lowest BCUT2D eigenvalue weighted by Crippen LogP contribution is -2.31. The summed E-state index contributed by atoms with van der Waals surface area (Å²) in [4.78, 5) is 2.33. The number of halogens is 1. The van der Waals surface area contributed by atoms with Crippen LogP contribution in [-0.4, -0.2) is 56.1 Å². The minimum atomic E-state index is 0.706. The van der Waals surface area contributed by atoms with Gasteiger partial charge in [-0.3, -0.25) is 4.90 Å². The smallest absolute Gasteiger partial charge is 0.0589 e. The van der Waals surface area contributed by atoms with Gasteiger partial charge in [-0.15, -0.1) is 11.6 Å². The van der Waals surface area contributed by atoms with Crippen molar-refractivity contribution in [3.05, 3.63) is 0 Å². The number of ether oxygens (including phenoxy) is 1. The van der Waals surface area contributed by atoms with Crippen molar-refractivity contribution in [2.75, 3.05) is 51.2 Å². The Balaban J connectivity index is 3.40. The number of rotatable bonds is 8. The Kier molecular flexibility index (Phi) is 10.1. The molecule has 0 spiro atoms. The normalized spacial score (nSPS) is 11.0. The predicted molar refractivity (Wildman–Crippen MR) is 57.4 cm³/mol. The highest BCUT2D eigenvalue weighted by molar-refractivity contribution is 7.98. The SMILES string of the molecule is COCCN(CCCl)CCSC. The van der Waals surface area contributed by atoms with Gasteiger partial charge < -0.3 is 4.74 Å². The molecule has 74 valence electrons. The lowest BCUT2D eigenvalue weighted by Gasteiger charge is -2.19. The van der Waals surface area contributed by atoms with Crippen molar-refractivity contribution in [1.29, 1.82) is 0 Å². The van der Waals surface area contributed by atoms with E-state index in [0.29, 0.717) is 5.88 Å². The number of hydrogen-bond acceptors (Lipinski definition) is 3. The van der Waals surface area contributed by atoms with Crippen LogP contribution in [0.3, 0.4) is 0 Å². The van der Waals surface area contributed by atoms with E-state index in [2.05, 4.69) is 11.2 Å². The Labute approximate surface area is 84.6 Å². The lowest BCUT2D eigenvalue weighted by atomic mass is 10.5. The second-order valence-corrected chi connectivity index (χ2v) is 3.88. The molecule has 0 heterocycles. The van der Waals surface area contributed by atoms with Gasteiger partial charge in [0.05, 0.1) is 6.61 Å². The van der Waals surface area contributed by atoms with Gasteiger partial charge in [-0.25, -0.2) is 0 Å². The molecular weight excluding hydrogens is 194 g/mol. The van der Waals surface area contributed by atoms with Crippen LogP contribution >= 0.6 is 23.4 Å². The number of alkyl halides is 1. The zero-order chi connectivity index (χ0) is 9.23. The predicted octanol–water partition coefficient (Wildman–Crippen LogP) is 1.54. The number of hydrogen-bond donors (Lipinski definition) is 0. The van der Waals surface area contributed by atoms with Gasteiger partial charge in [-0.2, -0.15) is 11.8 Å². The Hall–Kier alpha value is 0.560. The van der Waals surface area contributed by atoms with Crippen LogP contribution in [0.2, 0.25) is 0 Å². The van der Waals surface area contributed by atoms with Crippen LogP contribution in [0.4, 0.5) is 0 Å². The van der Waals surface area contributed by atoms with Crippen LogP contribution in [0.1, 0.15) is 0 Å². The highest BCUT2D eigenvalue weighted by Crippen LogP contribution is 1.96. The molecule has 0 aromatic heterocycles. The third-order valence-corrected chi connectivity index (χ3v) is 2.38. The summed E-state index contributed by atoms with van der Waals surface area (Å²) in [7, 11) is 1.73.